The van der Waals surface area contributed by atoms with Crippen LogP contribution in [0, 0.1) is 0 Å². The Morgan fingerprint density at radius 1 is 1.09 bits per heavy atom. The number of carbonyl (C=O) groups excluding carboxylic acids is 3. The van der Waals surface area contributed by atoms with Gasteiger partial charge in [0.1, 0.15) is 12.2 Å². The lowest BCUT2D eigenvalue weighted by atomic mass is 10.1. The first-order valence-corrected chi connectivity index (χ1v) is 10.2. The number of nitrogens with one attached hydrogen (secondary N) is 1. The van der Waals surface area contributed by atoms with Gasteiger partial charge in [0.15, 0.2) is 11.5 Å². The monoisotopic (exact) mass is 494 g/mol. The molecular formula is C23H18ClF3N2O5. The number of nitrogens with zero attached hydrogens (tertiary/aromatic N) is 1. The number of hydrogen-bond acceptors (Lipinski definition) is 5. The number of benzene rings is 2. The lowest BCUT2D eigenvalue weighted by Gasteiger charge is -2.27. The summed E-state index contributed by atoms with van der Waals surface area (Å²) < 4.78 is 50.5. The summed E-state index contributed by atoms with van der Waals surface area (Å²) >= 11 is 5.99. The summed E-state index contributed by atoms with van der Waals surface area (Å²) in [6.45, 7) is 5.84. The van der Waals surface area contributed by atoms with Crippen LogP contribution in [0.3, 0.4) is 0 Å². The van der Waals surface area contributed by atoms with E-state index < -0.39 is 40.8 Å². The number of ether oxygens (including phenoxy) is 2. The molecule has 2 aromatic rings. The first-order valence-electron chi connectivity index (χ1n) is 9.85. The van der Waals surface area contributed by atoms with Gasteiger partial charge in [0.25, 0.3) is 11.8 Å². The number of urea groups is 1. The van der Waals surface area contributed by atoms with E-state index in [1.165, 1.54) is 18.2 Å². The molecule has 0 unspecified atom stereocenters. The number of anilines is 1. The average Bonchev–Trinajstić information content (AvgIpc) is 2.76. The number of alkyl halides is 3. The molecule has 4 amide bonds. The second-order valence-electron chi connectivity index (χ2n) is 6.86. The number of rotatable bonds is 7. The molecule has 0 saturated carbocycles. The fourth-order valence-electron chi connectivity index (χ4n) is 3.05. The molecule has 0 bridgehead atoms. The van der Waals surface area contributed by atoms with Crippen molar-refractivity contribution >= 4 is 41.2 Å². The van der Waals surface area contributed by atoms with E-state index in [1.807, 2.05) is 5.32 Å². The van der Waals surface area contributed by atoms with Gasteiger partial charge in [-0.1, -0.05) is 30.3 Å². The SMILES string of the molecule is C=CCOc1ccc(/C=C2\C(=O)NC(=O)N(c3cc(C(F)(F)F)ccc3Cl)C2=O)cc1OCC. The first-order chi connectivity index (χ1) is 16.1. The normalized spacial score (nSPS) is 15.4. The number of amides is 4. The molecule has 0 spiro atoms. The van der Waals surface area contributed by atoms with Gasteiger partial charge in [0.05, 0.1) is 22.9 Å². The van der Waals surface area contributed by atoms with E-state index in [0.717, 1.165) is 6.07 Å². The van der Waals surface area contributed by atoms with Gasteiger partial charge in [-0.2, -0.15) is 13.2 Å². The fourth-order valence-corrected chi connectivity index (χ4v) is 3.26. The maximum atomic E-state index is 13.2. The zero-order chi connectivity index (χ0) is 25.0. The molecule has 1 saturated heterocycles. The van der Waals surface area contributed by atoms with Crippen LogP contribution in [0.5, 0.6) is 11.5 Å². The predicted octanol–water partition coefficient (Wildman–Crippen LogP) is 4.99. The maximum Gasteiger partial charge on any atom is 0.416 e. The van der Waals surface area contributed by atoms with Gasteiger partial charge in [-0.25, -0.2) is 9.69 Å². The maximum absolute atomic E-state index is 13.2. The number of hydrogen-bond donors (Lipinski definition) is 1. The topological polar surface area (TPSA) is 84.9 Å². The summed E-state index contributed by atoms with van der Waals surface area (Å²) in [5, 5.41) is 1.66. The van der Waals surface area contributed by atoms with Crippen molar-refractivity contribution in [3.63, 3.8) is 0 Å². The minimum Gasteiger partial charge on any atom is -0.490 e. The zero-order valence-electron chi connectivity index (χ0n) is 17.7. The van der Waals surface area contributed by atoms with Crippen molar-refractivity contribution < 1.29 is 37.0 Å². The van der Waals surface area contributed by atoms with Gasteiger partial charge in [0.2, 0.25) is 0 Å². The Morgan fingerprint density at radius 2 is 1.82 bits per heavy atom. The van der Waals surface area contributed by atoms with Gasteiger partial charge in [-0.3, -0.25) is 14.9 Å². The lowest BCUT2D eigenvalue weighted by Crippen LogP contribution is -2.54. The fraction of sp³-hybridized carbons (Fsp3) is 0.174. The zero-order valence-corrected chi connectivity index (χ0v) is 18.5. The Kier molecular flexibility index (Phi) is 7.31. The number of barbiturate groups is 1. The molecule has 34 heavy (non-hydrogen) atoms. The molecular weight excluding hydrogens is 477 g/mol. The summed E-state index contributed by atoms with van der Waals surface area (Å²) in [7, 11) is 0. The highest BCUT2D eigenvalue weighted by Gasteiger charge is 2.39. The van der Waals surface area contributed by atoms with Gasteiger partial charge in [-0.05, 0) is 48.9 Å². The smallest absolute Gasteiger partial charge is 0.416 e. The Bertz CT molecular complexity index is 1190. The molecule has 1 N–H and O–H groups in total. The third kappa shape index (κ3) is 5.23. The Morgan fingerprint density at radius 3 is 2.47 bits per heavy atom. The van der Waals surface area contributed by atoms with Crippen LogP contribution in [0.2, 0.25) is 5.02 Å². The van der Waals surface area contributed by atoms with E-state index in [9.17, 15) is 27.6 Å². The van der Waals surface area contributed by atoms with E-state index in [1.54, 1.807) is 19.1 Å². The molecule has 1 fully saturated rings. The molecule has 7 nitrogen and oxygen atoms in total. The third-order valence-corrected chi connectivity index (χ3v) is 4.87. The quantitative estimate of drug-likeness (QED) is 0.333. The van der Waals surface area contributed by atoms with Crippen molar-refractivity contribution in [3.05, 3.63) is 70.8 Å². The van der Waals surface area contributed by atoms with Crippen LogP contribution in [0.25, 0.3) is 6.08 Å². The summed E-state index contributed by atoms with van der Waals surface area (Å²) in [5.74, 6) is -1.42. The van der Waals surface area contributed by atoms with Crippen LogP contribution >= 0.6 is 11.6 Å². The van der Waals surface area contributed by atoms with Crippen molar-refractivity contribution in [1.82, 2.24) is 5.32 Å². The lowest BCUT2D eigenvalue weighted by molar-refractivity contribution is -0.137. The van der Waals surface area contributed by atoms with Gasteiger partial charge in [-0.15, -0.1) is 0 Å². The van der Waals surface area contributed by atoms with E-state index in [0.29, 0.717) is 40.7 Å². The average molecular weight is 495 g/mol. The molecule has 2 aromatic carbocycles. The summed E-state index contributed by atoms with van der Waals surface area (Å²) in [6, 6.07) is 5.56. The highest BCUT2D eigenvalue weighted by atomic mass is 35.5. The number of carbonyl (C=O) groups is 3. The van der Waals surface area contributed by atoms with E-state index in [-0.39, 0.29) is 11.6 Å². The van der Waals surface area contributed by atoms with E-state index in [4.69, 9.17) is 21.1 Å². The predicted molar refractivity (Wildman–Crippen MR) is 119 cm³/mol. The van der Waals surface area contributed by atoms with Crippen molar-refractivity contribution in [2.75, 3.05) is 18.1 Å². The van der Waals surface area contributed by atoms with Crippen LogP contribution in [0.1, 0.15) is 18.1 Å². The Labute approximate surface area is 197 Å². The molecule has 0 radical (unpaired) electrons. The van der Waals surface area contributed by atoms with Crippen LogP contribution in [-0.4, -0.2) is 31.1 Å². The van der Waals surface area contributed by atoms with Crippen molar-refractivity contribution in [3.8, 4) is 11.5 Å². The summed E-state index contributed by atoms with van der Waals surface area (Å²) in [6.07, 6.45) is -2.02. The van der Waals surface area contributed by atoms with Gasteiger partial charge >= 0.3 is 12.2 Å². The summed E-state index contributed by atoms with van der Waals surface area (Å²) in [4.78, 5) is 38.2. The largest absolute Gasteiger partial charge is 0.490 e. The van der Waals surface area contributed by atoms with E-state index >= 15 is 0 Å². The molecule has 1 aliphatic rings. The highest BCUT2D eigenvalue weighted by Crippen LogP contribution is 2.37. The molecule has 1 heterocycles. The highest BCUT2D eigenvalue weighted by molar-refractivity contribution is 6.42. The molecule has 11 heteroatoms. The molecule has 0 atom stereocenters. The van der Waals surface area contributed by atoms with Crippen LogP contribution in [0.4, 0.5) is 23.7 Å². The van der Waals surface area contributed by atoms with Crippen LogP contribution in [0.15, 0.2) is 54.6 Å². The van der Waals surface area contributed by atoms with Gasteiger partial charge in [0, 0.05) is 0 Å². The number of halogens is 4. The van der Waals surface area contributed by atoms with Crippen LogP contribution in [-0.2, 0) is 15.8 Å². The number of imide groups is 2. The summed E-state index contributed by atoms with van der Waals surface area (Å²) in [5.41, 5.74) is -1.78. The minimum atomic E-state index is -4.74. The second kappa shape index (κ2) is 10.0. The standard InChI is InChI=1S/C23H18ClF3N2O5/c1-3-9-34-18-8-5-13(11-19(18)33-4-2)10-15-20(30)28-22(32)29(21(15)31)17-12-14(23(25,26)27)6-7-16(17)24/h3,5-8,10-12H,1,4,9H2,2H3,(H,28,30,32)/b15-10+. The molecule has 3 rings (SSSR count). The van der Waals surface area contributed by atoms with Gasteiger partial charge < -0.3 is 9.47 Å². The van der Waals surface area contributed by atoms with Crippen LogP contribution < -0.4 is 19.7 Å². The molecule has 0 aliphatic carbocycles. The Balaban J connectivity index is 2.03. The van der Waals surface area contributed by atoms with E-state index in [2.05, 4.69) is 6.58 Å². The molecule has 1 aliphatic heterocycles. The molecule has 0 aromatic heterocycles. The van der Waals surface area contributed by atoms with Crippen molar-refractivity contribution in [2.24, 2.45) is 0 Å². The minimum absolute atomic E-state index is 0.218. The molecule has 178 valence electrons. The Hall–Kier alpha value is -3.79. The van der Waals surface area contributed by atoms with Crippen molar-refractivity contribution in [1.29, 1.82) is 0 Å². The third-order valence-electron chi connectivity index (χ3n) is 4.55. The first kappa shape index (κ1) is 24.8. The second-order valence-corrected chi connectivity index (χ2v) is 7.27. The van der Waals surface area contributed by atoms with Crippen molar-refractivity contribution in [2.45, 2.75) is 13.1 Å².